The molecule has 96 valence electrons. The number of aromatic nitrogens is 2. The first-order valence-corrected chi connectivity index (χ1v) is 7.31. The van der Waals surface area contributed by atoms with Gasteiger partial charge in [0.05, 0.1) is 10.6 Å². The fourth-order valence-electron chi connectivity index (χ4n) is 1.99. The second kappa shape index (κ2) is 4.83. The second-order valence-corrected chi connectivity index (χ2v) is 5.96. The fourth-order valence-corrected chi connectivity index (χ4v) is 3.07. The third kappa shape index (κ3) is 2.19. The highest BCUT2D eigenvalue weighted by Crippen LogP contribution is 2.31. The third-order valence-corrected chi connectivity index (χ3v) is 4.06. The summed E-state index contributed by atoms with van der Waals surface area (Å²) in [6, 6.07) is 9.88. The molecule has 0 spiro atoms. The van der Waals surface area contributed by atoms with E-state index in [9.17, 15) is 4.79 Å². The number of aromatic amines is 1. The van der Waals surface area contributed by atoms with Crippen LogP contribution in [0.15, 0.2) is 40.5 Å². The van der Waals surface area contributed by atoms with Crippen molar-refractivity contribution in [3.63, 3.8) is 0 Å². The summed E-state index contributed by atoms with van der Waals surface area (Å²) < 4.78 is 0. The Morgan fingerprint density at radius 1 is 1.32 bits per heavy atom. The highest BCUT2D eigenvalue weighted by atomic mass is 32.1. The molecule has 5 heteroatoms. The number of fused-ring (bicyclic) bond motifs is 1. The van der Waals surface area contributed by atoms with Gasteiger partial charge in [-0.15, -0.1) is 11.3 Å². The zero-order chi connectivity index (χ0) is 13.4. The molecule has 3 nitrogen and oxygen atoms in total. The summed E-state index contributed by atoms with van der Waals surface area (Å²) in [4.78, 5) is 20.3. The smallest absolute Gasteiger partial charge is 0.260 e. The van der Waals surface area contributed by atoms with Gasteiger partial charge in [0.2, 0.25) is 0 Å². The number of nitrogens with one attached hydrogen (secondary N) is 1. The van der Waals surface area contributed by atoms with Crippen molar-refractivity contribution in [1.82, 2.24) is 9.97 Å². The van der Waals surface area contributed by atoms with Gasteiger partial charge < -0.3 is 4.98 Å². The molecule has 19 heavy (non-hydrogen) atoms. The molecule has 0 fully saturated rings. The molecule has 0 saturated heterocycles. The molecule has 1 aromatic carbocycles. The van der Waals surface area contributed by atoms with E-state index >= 15 is 0 Å². The van der Waals surface area contributed by atoms with Gasteiger partial charge in [0.15, 0.2) is 0 Å². The van der Waals surface area contributed by atoms with Crippen LogP contribution in [0.25, 0.3) is 21.3 Å². The molecule has 3 rings (SSSR count). The average Bonchev–Trinajstić information content (AvgIpc) is 2.84. The van der Waals surface area contributed by atoms with Crippen molar-refractivity contribution < 1.29 is 0 Å². The molecule has 0 aliphatic carbocycles. The largest absolute Gasteiger partial charge is 0.309 e. The minimum absolute atomic E-state index is 0.0839. The summed E-state index contributed by atoms with van der Waals surface area (Å²) >= 11 is 5.80. The van der Waals surface area contributed by atoms with Crippen LogP contribution in [0, 0.1) is 0 Å². The Morgan fingerprint density at radius 3 is 2.74 bits per heavy atom. The van der Waals surface area contributed by atoms with Crippen LogP contribution in [0.3, 0.4) is 0 Å². The first-order chi connectivity index (χ1) is 9.16. The van der Waals surface area contributed by atoms with Gasteiger partial charge in [-0.2, -0.15) is 12.6 Å². The van der Waals surface area contributed by atoms with Gasteiger partial charge in [0.25, 0.3) is 5.56 Å². The summed E-state index contributed by atoms with van der Waals surface area (Å²) in [5.41, 5.74) is 1.88. The van der Waals surface area contributed by atoms with Crippen LogP contribution in [0.2, 0.25) is 0 Å². The quantitative estimate of drug-likeness (QED) is 0.707. The van der Waals surface area contributed by atoms with Crippen LogP contribution < -0.4 is 5.56 Å². The van der Waals surface area contributed by atoms with E-state index in [0.29, 0.717) is 11.2 Å². The van der Waals surface area contributed by atoms with E-state index in [2.05, 4.69) is 22.6 Å². The predicted octanol–water partition coefficient (Wildman–Crippen LogP) is 3.64. The molecule has 0 amide bonds. The molecule has 1 unspecified atom stereocenters. The van der Waals surface area contributed by atoms with Gasteiger partial charge in [0.1, 0.15) is 10.7 Å². The molecule has 1 N–H and O–H groups in total. The molecule has 0 aliphatic heterocycles. The molecule has 0 radical (unpaired) electrons. The maximum absolute atomic E-state index is 12.2. The molecule has 3 aromatic rings. The zero-order valence-electron chi connectivity index (χ0n) is 10.3. The first-order valence-electron chi connectivity index (χ1n) is 5.91. The van der Waals surface area contributed by atoms with Crippen molar-refractivity contribution in [3.8, 4) is 11.1 Å². The van der Waals surface area contributed by atoms with E-state index in [1.807, 2.05) is 42.6 Å². The Hall–Kier alpha value is -1.59. The van der Waals surface area contributed by atoms with Crippen LogP contribution >= 0.6 is 24.0 Å². The van der Waals surface area contributed by atoms with Crippen LogP contribution in [0.1, 0.15) is 18.0 Å². The fraction of sp³-hybridized carbons (Fsp3) is 0.143. The van der Waals surface area contributed by atoms with Crippen LogP contribution in [0.4, 0.5) is 0 Å². The van der Waals surface area contributed by atoms with E-state index in [4.69, 9.17) is 0 Å². The number of benzene rings is 1. The summed E-state index contributed by atoms with van der Waals surface area (Å²) in [5, 5.41) is 2.56. The number of rotatable bonds is 2. The van der Waals surface area contributed by atoms with E-state index in [1.165, 1.54) is 11.3 Å². The number of thiophene rings is 1. The topological polar surface area (TPSA) is 45.8 Å². The van der Waals surface area contributed by atoms with E-state index < -0.39 is 0 Å². The van der Waals surface area contributed by atoms with Crippen molar-refractivity contribution in [3.05, 3.63) is 51.9 Å². The molecular formula is C14H12N2OS2. The molecule has 1 atom stereocenters. The Bertz CT molecular complexity index is 775. The van der Waals surface area contributed by atoms with E-state index in [0.717, 1.165) is 16.0 Å². The van der Waals surface area contributed by atoms with Crippen molar-refractivity contribution in [2.75, 3.05) is 0 Å². The number of nitrogens with zero attached hydrogens (tertiary/aromatic N) is 1. The summed E-state index contributed by atoms with van der Waals surface area (Å²) in [6.45, 7) is 1.89. The third-order valence-electron chi connectivity index (χ3n) is 2.94. The minimum Gasteiger partial charge on any atom is -0.309 e. The lowest BCUT2D eigenvalue weighted by Crippen LogP contribution is -2.11. The minimum atomic E-state index is -0.0963. The van der Waals surface area contributed by atoms with Gasteiger partial charge in [-0.25, -0.2) is 4.98 Å². The van der Waals surface area contributed by atoms with E-state index in [1.54, 1.807) is 0 Å². The monoisotopic (exact) mass is 288 g/mol. The van der Waals surface area contributed by atoms with E-state index in [-0.39, 0.29) is 10.8 Å². The maximum Gasteiger partial charge on any atom is 0.260 e. The lowest BCUT2D eigenvalue weighted by atomic mass is 10.1. The highest BCUT2D eigenvalue weighted by Gasteiger charge is 2.13. The van der Waals surface area contributed by atoms with Crippen molar-refractivity contribution in [2.45, 2.75) is 12.2 Å². The van der Waals surface area contributed by atoms with Crippen molar-refractivity contribution in [1.29, 1.82) is 0 Å². The van der Waals surface area contributed by atoms with Crippen LogP contribution in [-0.2, 0) is 0 Å². The summed E-state index contributed by atoms with van der Waals surface area (Å²) in [6.07, 6.45) is 0. The number of hydrogen-bond donors (Lipinski definition) is 2. The Kier molecular flexibility index (Phi) is 3.16. The summed E-state index contributed by atoms with van der Waals surface area (Å²) in [5.74, 6) is 0.613. The zero-order valence-corrected chi connectivity index (χ0v) is 12.0. The summed E-state index contributed by atoms with van der Waals surface area (Å²) in [7, 11) is 0. The SMILES string of the molecule is CC(S)c1nc2scc(-c3ccccc3)c2c(=O)[nH]1. The molecule has 2 aromatic heterocycles. The molecule has 2 heterocycles. The van der Waals surface area contributed by atoms with Crippen LogP contribution in [0.5, 0.6) is 0 Å². The maximum atomic E-state index is 12.2. The highest BCUT2D eigenvalue weighted by molar-refractivity contribution is 7.80. The average molecular weight is 288 g/mol. The van der Waals surface area contributed by atoms with Crippen molar-refractivity contribution in [2.24, 2.45) is 0 Å². The van der Waals surface area contributed by atoms with Crippen LogP contribution in [-0.4, -0.2) is 9.97 Å². The lowest BCUT2D eigenvalue weighted by Gasteiger charge is -2.03. The van der Waals surface area contributed by atoms with Gasteiger partial charge in [0, 0.05) is 10.9 Å². The first kappa shape index (κ1) is 12.4. The second-order valence-electron chi connectivity index (χ2n) is 4.32. The Morgan fingerprint density at radius 2 is 2.05 bits per heavy atom. The lowest BCUT2D eigenvalue weighted by molar-refractivity contribution is 0.932. The van der Waals surface area contributed by atoms with Gasteiger partial charge in [-0.3, -0.25) is 4.79 Å². The standard InChI is InChI=1S/C14H12N2OS2/c1-8(18)12-15-13(17)11-10(7-19-14(11)16-12)9-5-3-2-4-6-9/h2-8,18H,1H3,(H,15,16,17). The Labute approximate surface area is 119 Å². The molecule has 0 saturated carbocycles. The van der Waals surface area contributed by atoms with Crippen molar-refractivity contribution >= 4 is 34.2 Å². The normalized spacial score (nSPS) is 12.7. The Balaban J connectivity index is 2.28. The van der Waals surface area contributed by atoms with Gasteiger partial charge in [-0.05, 0) is 12.5 Å². The number of hydrogen-bond acceptors (Lipinski definition) is 4. The predicted molar refractivity (Wildman–Crippen MR) is 83.1 cm³/mol. The number of H-pyrrole nitrogens is 1. The molecular weight excluding hydrogens is 276 g/mol. The van der Waals surface area contributed by atoms with Gasteiger partial charge in [-0.1, -0.05) is 30.3 Å². The molecule has 0 bridgehead atoms. The van der Waals surface area contributed by atoms with Gasteiger partial charge >= 0.3 is 0 Å². The molecule has 0 aliphatic rings. The number of thiol groups is 1.